The standard InChI is InChI=1S/C19H18F4N2O3/c1-25(18(27)10-12-7-8-16(28-2)14(20)9-12)11-17(26)24-15-6-4-3-5-13(15)19(21,22)23/h3-9H,10-11H2,1-2H3,(H,24,26). The number of benzene rings is 2. The summed E-state index contributed by atoms with van der Waals surface area (Å²) < 4.78 is 57.4. The molecule has 0 heterocycles. The lowest BCUT2D eigenvalue weighted by Gasteiger charge is -2.18. The van der Waals surface area contributed by atoms with Gasteiger partial charge >= 0.3 is 6.18 Å². The van der Waals surface area contributed by atoms with E-state index in [9.17, 15) is 27.2 Å². The molecule has 2 rings (SSSR count). The minimum atomic E-state index is -4.62. The molecule has 9 heteroatoms. The van der Waals surface area contributed by atoms with E-state index in [1.807, 2.05) is 0 Å². The first kappa shape index (κ1) is 21.2. The topological polar surface area (TPSA) is 58.6 Å². The Hall–Kier alpha value is -3.10. The van der Waals surface area contributed by atoms with Crippen LogP contribution >= 0.6 is 0 Å². The van der Waals surface area contributed by atoms with Gasteiger partial charge in [0.25, 0.3) is 0 Å². The molecule has 0 aliphatic carbocycles. The molecule has 2 aromatic rings. The van der Waals surface area contributed by atoms with Crippen molar-refractivity contribution in [1.29, 1.82) is 0 Å². The van der Waals surface area contributed by atoms with Gasteiger partial charge in [-0.1, -0.05) is 18.2 Å². The zero-order chi connectivity index (χ0) is 20.9. The van der Waals surface area contributed by atoms with Gasteiger partial charge in [0.15, 0.2) is 11.6 Å². The van der Waals surface area contributed by atoms with Gasteiger partial charge in [-0.15, -0.1) is 0 Å². The van der Waals surface area contributed by atoms with E-state index in [0.717, 1.165) is 23.1 Å². The van der Waals surface area contributed by atoms with Crippen LogP contribution in [0, 0.1) is 5.82 Å². The Labute approximate surface area is 158 Å². The minimum absolute atomic E-state index is 0.0345. The first-order valence-electron chi connectivity index (χ1n) is 8.14. The number of para-hydroxylation sites is 1. The molecular formula is C19H18F4N2O3. The lowest BCUT2D eigenvalue weighted by molar-refractivity contribution is -0.137. The third-order valence-electron chi connectivity index (χ3n) is 3.88. The Balaban J connectivity index is 1.99. The molecule has 0 aromatic heterocycles. The number of hydrogen-bond donors (Lipinski definition) is 1. The molecule has 0 fully saturated rings. The first-order chi connectivity index (χ1) is 13.1. The first-order valence-corrected chi connectivity index (χ1v) is 8.14. The summed E-state index contributed by atoms with van der Waals surface area (Å²) >= 11 is 0. The SMILES string of the molecule is COc1ccc(CC(=O)N(C)CC(=O)Nc2ccccc2C(F)(F)F)cc1F. The lowest BCUT2D eigenvalue weighted by atomic mass is 10.1. The highest BCUT2D eigenvalue weighted by atomic mass is 19.4. The van der Waals surface area contributed by atoms with Crippen LogP contribution in [0.2, 0.25) is 0 Å². The minimum Gasteiger partial charge on any atom is -0.494 e. The third kappa shape index (κ3) is 5.45. The van der Waals surface area contributed by atoms with E-state index in [-0.39, 0.29) is 12.2 Å². The second-order valence-corrected chi connectivity index (χ2v) is 5.99. The van der Waals surface area contributed by atoms with E-state index >= 15 is 0 Å². The highest BCUT2D eigenvalue weighted by Gasteiger charge is 2.33. The summed E-state index contributed by atoms with van der Waals surface area (Å²) in [7, 11) is 2.64. The van der Waals surface area contributed by atoms with Crippen LogP contribution in [0.5, 0.6) is 5.75 Å². The number of halogens is 4. The van der Waals surface area contributed by atoms with Crippen LogP contribution in [0.25, 0.3) is 0 Å². The van der Waals surface area contributed by atoms with Crippen molar-refractivity contribution in [3.63, 3.8) is 0 Å². The quantitative estimate of drug-likeness (QED) is 0.758. The van der Waals surface area contributed by atoms with Crippen LogP contribution in [0.4, 0.5) is 23.2 Å². The van der Waals surface area contributed by atoms with Gasteiger partial charge in [-0.25, -0.2) is 4.39 Å². The van der Waals surface area contributed by atoms with E-state index in [2.05, 4.69) is 5.32 Å². The van der Waals surface area contributed by atoms with Gasteiger partial charge in [-0.2, -0.15) is 13.2 Å². The summed E-state index contributed by atoms with van der Waals surface area (Å²) in [5, 5.41) is 2.16. The molecule has 0 unspecified atom stereocenters. The number of ether oxygens (including phenoxy) is 1. The van der Waals surface area contributed by atoms with Gasteiger partial charge < -0.3 is 15.0 Å². The van der Waals surface area contributed by atoms with E-state index in [1.165, 1.54) is 38.4 Å². The number of alkyl halides is 3. The Morgan fingerprint density at radius 1 is 1.14 bits per heavy atom. The second-order valence-electron chi connectivity index (χ2n) is 5.99. The molecule has 0 aliphatic rings. The highest BCUT2D eigenvalue weighted by molar-refractivity contribution is 5.95. The summed E-state index contributed by atoms with van der Waals surface area (Å²) in [6.07, 6.45) is -4.80. The Morgan fingerprint density at radius 2 is 1.82 bits per heavy atom. The average molecular weight is 398 g/mol. The average Bonchev–Trinajstić information content (AvgIpc) is 2.61. The van der Waals surface area contributed by atoms with Crippen molar-refractivity contribution in [3.8, 4) is 5.75 Å². The summed E-state index contributed by atoms with van der Waals surface area (Å²) in [5.41, 5.74) is -0.998. The highest BCUT2D eigenvalue weighted by Crippen LogP contribution is 2.34. The molecule has 28 heavy (non-hydrogen) atoms. The van der Waals surface area contributed by atoms with Gasteiger partial charge in [-0.3, -0.25) is 9.59 Å². The summed E-state index contributed by atoms with van der Waals surface area (Å²) in [6.45, 7) is -0.455. The van der Waals surface area contributed by atoms with Gasteiger partial charge in [0.05, 0.1) is 31.3 Å². The zero-order valence-corrected chi connectivity index (χ0v) is 15.1. The monoisotopic (exact) mass is 398 g/mol. The molecule has 2 aromatic carbocycles. The molecule has 0 radical (unpaired) electrons. The maximum atomic E-state index is 13.7. The van der Waals surface area contributed by atoms with E-state index in [4.69, 9.17) is 4.74 Å². The Morgan fingerprint density at radius 3 is 2.43 bits per heavy atom. The maximum absolute atomic E-state index is 13.7. The fourth-order valence-electron chi connectivity index (χ4n) is 2.46. The smallest absolute Gasteiger partial charge is 0.418 e. The Bertz CT molecular complexity index is 868. The number of anilines is 1. The third-order valence-corrected chi connectivity index (χ3v) is 3.88. The molecule has 0 aliphatic heterocycles. The number of methoxy groups -OCH3 is 1. The van der Waals surface area contributed by atoms with Gasteiger partial charge in [-0.05, 0) is 29.8 Å². The van der Waals surface area contributed by atoms with E-state index < -0.39 is 41.6 Å². The number of amides is 2. The van der Waals surface area contributed by atoms with Crippen molar-refractivity contribution < 1.29 is 31.9 Å². The molecule has 5 nitrogen and oxygen atoms in total. The van der Waals surface area contributed by atoms with Gasteiger partial charge in [0.1, 0.15) is 0 Å². The number of nitrogens with one attached hydrogen (secondary N) is 1. The molecule has 150 valence electrons. The summed E-state index contributed by atoms with van der Waals surface area (Å²) in [5.74, 6) is -1.87. The normalized spacial score (nSPS) is 11.1. The fraction of sp³-hybridized carbons (Fsp3) is 0.263. The lowest BCUT2D eigenvalue weighted by Crippen LogP contribution is -2.36. The Kier molecular flexibility index (Phi) is 6.61. The number of hydrogen-bond acceptors (Lipinski definition) is 3. The molecular weight excluding hydrogens is 380 g/mol. The number of nitrogens with zero attached hydrogens (tertiary/aromatic N) is 1. The molecule has 0 saturated carbocycles. The number of carbonyl (C=O) groups is 2. The van der Waals surface area contributed by atoms with Crippen LogP contribution in [-0.4, -0.2) is 37.4 Å². The summed E-state index contributed by atoms with van der Waals surface area (Å²) in [6, 6.07) is 8.57. The largest absolute Gasteiger partial charge is 0.494 e. The zero-order valence-electron chi connectivity index (χ0n) is 15.1. The molecule has 0 spiro atoms. The van der Waals surface area contributed by atoms with Crippen molar-refractivity contribution in [3.05, 3.63) is 59.4 Å². The van der Waals surface area contributed by atoms with Crippen molar-refractivity contribution in [2.75, 3.05) is 26.0 Å². The van der Waals surface area contributed by atoms with Gasteiger partial charge in [0.2, 0.25) is 11.8 Å². The number of carbonyl (C=O) groups excluding carboxylic acids is 2. The molecule has 1 N–H and O–H groups in total. The van der Waals surface area contributed by atoms with Crippen molar-refractivity contribution in [2.45, 2.75) is 12.6 Å². The molecule has 0 bridgehead atoms. The molecule has 0 atom stereocenters. The number of likely N-dealkylation sites (N-methyl/N-ethyl adjacent to an activating group) is 1. The number of rotatable bonds is 6. The van der Waals surface area contributed by atoms with Crippen molar-refractivity contribution in [1.82, 2.24) is 4.90 Å². The predicted molar refractivity (Wildman–Crippen MR) is 94.4 cm³/mol. The van der Waals surface area contributed by atoms with E-state index in [0.29, 0.717) is 5.56 Å². The van der Waals surface area contributed by atoms with Crippen LogP contribution in [0.15, 0.2) is 42.5 Å². The van der Waals surface area contributed by atoms with Crippen LogP contribution < -0.4 is 10.1 Å². The van der Waals surface area contributed by atoms with Crippen LogP contribution in [0.3, 0.4) is 0 Å². The van der Waals surface area contributed by atoms with Crippen molar-refractivity contribution in [2.24, 2.45) is 0 Å². The second kappa shape index (κ2) is 8.73. The fourth-order valence-corrected chi connectivity index (χ4v) is 2.46. The van der Waals surface area contributed by atoms with Crippen molar-refractivity contribution >= 4 is 17.5 Å². The van der Waals surface area contributed by atoms with Gasteiger partial charge in [0, 0.05) is 7.05 Å². The predicted octanol–water partition coefficient (Wildman–Crippen LogP) is 3.49. The van der Waals surface area contributed by atoms with Crippen LogP contribution in [-0.2, 0) is 22.2 Å². The molecule has 2 amide bonds. The molecule has 0 saturated heterocycles. The maximum Gasteiger partial charge on any atom is 0.418 e. The van der Waals surface area contributed by atoms with Crippen LogP contribution in [0.1, 0.15) is 11.1 Å². The summed E-state index contributed by atoms with van der Waals surface area (Å²) in [4.78, 5) is 25.3. The van der Waals surface area contributed by atoms with E-state index in [1.54, 1.807) is 0 Å².